The predicted molar refractivity (Wildman–Crippen MR) is 72.0 cm³/mol. The Morgan fingerprint density at radius 3 is 2.59 bits per heavy atom. The van der Waals surface area contributed by atoms with Crippen molar-refractivity contribution >= 4 is 6.08 Å². The Labute approximate surface area is 102 Å². The summed E-state index contributed by atoms with van der Waals surface area (Å²) in [5.74, 6) is 0.369. The maximum atomic E-state index is 9.70. The van der Waals surface area contributed by atoms with Gasteiger partial charge in [0.05, 0.1) is 0 Å². The molecule has 0 radical (unpaired) electrons. The lowest BCUT2D eigenvalue weighted by Gasteiger charge is -2.02. The van der Waals surface area contributed by atoms with Crippen LogP contribution in [0.25, 0.3) is 6.08 Å². The number of rotatable bonds is 3. The summed E-state index contributed by atoms with van der Waals surface area (Å²) in [5.41, 5.74) is 3.32. The van der Waals surface area contributed by atoms with Gasteiger partial charge in [0.15, 0.2) is 0 Å². The molecule has 0 aliphatic carbocycles. The molecule has 86 valence electrons. The van der Waals surface area contributed by atoms with Crippen LogP contribution in [0.15, 0.2) is 54.6 Å². The van der Waals surface area contributed by atoms with Crippen LogP contribution in [-0.2, 0) is 6.42 Å². The number of allylic oxidation sites excluding steroid dienone is 1. The lowest BCUT2D eigenvalue weighted by atomic mass is 10.1. The molecule has 1 nitrogen and oxygen atoms in total. The van der Waals surface area contributed by atoms with Gasteiger partial charge < -0.3 is 5.11 Å². The monoisotopic (exact) mass is 224 g/mol. The molecule has 2 aromatic rings. The van der Waals surface area contributed by atoms with E-state index in [1.807, 2.05) is 37.3 Å². The highest BCUT2D eigenvalue weighted by atomic mass is 16.3. The molecular weight excluding hydrogens is 208 g/mol. The van der Waals surface area contributed by atoms with E-state index < -0.39 is 0 Å². The lowest BCUT2D eigenvalue weighted by molar-refractivity contribution is 0.469. The number of aryl methyl sites for hydroxylation is 1. The largest absolute Gasteiger partial charge is 0.508 e. The van der Waals surface area contributed by atoms with Crippen molar-refractivity contribution in [1.82, 2.24) is 0 Å². The second-order valence-corrected chi connectivity index (χ2v) is 4.15. The Hall–Kier alpha value is -2.02. The zero-order valence-corrected chi connectivity index (χ0v) is 9.93. The Morgan fingerprint density at radius 1 is 1.06 bits per heavy atom. The Kier molecular flexibility index (Phi) is 3.61. The summed E-state index contributed by atoms with van der Waals surface area (Å²) in [6.07, 6.45) is 4.90. The molecule has 0 amide bonds. The van der Waals surface area contributed by atoms with Gasteiger partial charge in [-0.2, -0.15) is 0 Å². The number of hydrogen-bond donors (Lipinski definition) is 1. The summed E-state index contributed by atoms with van der Waals surface area (Å²) in [4.78, 5) is 0. The fourth-order valence-electron chi connectivity index (χ4n) is 1.76. The summed E-state index contributed by atoms with van der Waals surface area (Å²) in [6.45, 7) is 2.03. The maximum Gasteiger partial charge on any atom is 0.119 e. The van der Waals surface area contributed by atoms with Crippen LogP contribution < -0.4 is 0 Å². The molecule has 0 heterocycles. The van der Waals surface area contributed by atoms with Gasteiger partial charge in [-0.15, -0.1) is 0 Å². The minimum absolute atomic E-state index is 0.369. The summed E-state index contributed by atoms with van der Waals surface area (Å²) >= 11 is 0. The average Bonchev–Trinajstić information content (AvgIpc) is 2.35. The van der Waals surface area contributed by atoms with Gasteiger partial charge in [0.25, 0.3) is 0 Å². The van der Waals surface area contributed by atoms with E-state index in [0.717, 1.165) is 12.0 Å². The average molecular weight is 224 g/mol. The van der Waals surface area contributed by atoms with E-state index in [9.17, 15) is 5.11 Å². The van der Waals surface area contributed by atoms with Crippen molar-refractivity contribution in [3.8, 4) is 5.75 Å². The molecule has 0 aliphatic heterocycles. The van der Waals surface area contributed by atoms with Gasteiger partial charge in [-0.1, -0.05) is 60.2 Å². The third-order valence-electron chi connectivity index (χ3n) is 2.68. The van der Waals surface area contributed by atoms with E-state index in [-0.39, 0.29) is 0 Å². The van der Waals surface area contributed by atoms with E-state index in [0.29, 0.717) is 5.75 Å². The van der Waals surface area contributed by atoms with Crippen molar-refractivity contribution in [2.45, 2.75) is 13.3 Å². The number of hydrogen-bond acceptors (Lipinski definition) is 1. The standard InChI is InChI=1S/C16H16O/c1-13-10-11-16(17)15(12-13)9-5-8-14-6-3-2-4-7-14/h2-8,10-12,17H,9H2,1H3/b8-5+. The minimum Gasteiger partial charge on any atom is -0.508 e. The van der Waals surface area contributed by atoms with Crippen LogP contribution in [-0.4, -0.2) is 5.11 Å². The van der Waals surface area contributed by atoms with Gasteiger partial charge in [0, 0.05) is 0 Å². The van der Waals surface area contributed by atoms with Crippen molar-refractivity contribution in [2.24, 2.45) is 0 Å². The molecule has 0 spiro atoms. The van der Waals surface area contributed by atoms with Crippen molar-refractivity contribution in [2.75, 3.05) is 0 Å². The normalized spacial score (nSPS) is 10.9. The first-order valence-corrected chi connectivity index (χ1v) is 5.76. The molecule has 0 saturated heterocycles. The molecular formula is C16H16O. The smallest absolute Gasteiger partial charge is 0.119 e. The topological polar surface area (TPSA) is 20.2 Å². The summed E-state index contributed by atoms with van der Waals surface area (Å²) in [6, 6.07) is 15.8. The van der Waals surface area contributed by atoms with Crippen LogP contribution in [0.1, 0.15) is 16.7 Å². The third kappa shape index (κ3) is 3.22. The predicted octanol–water partition coefficient (Wildman–Crippen LogP) is 3.96. The van der Waals surface area contributed by atoms with Gasteiger partial charge in [-0.3, -0.25) is 0 Å². The first-order valence-electron chi connectivity index (χ1n) is 5.76. The molecule has 0 bridgehead atoms. The van der Waals surface area contributed by atoms with Gasteiger partial charge in [-0.25, -0.2) is 0 Å². The fraction of sp³-hybridized carbons (Fsp3) is 0.125. The van der Waals surface area contributed by atoms with Crippen LogP contribution in [0.4, 0.5) is 0 Å². The summed E-state index contributed by atoms with van der Waals surface area (Å²) in [5, 5.41) is 9.70. The van der Waals surface area contributed by atoms with Crippen LogP contribution >= 0.6 is 0 Å². The first-order chi connectivity index (χ1) is 8.25. The number of phenolic OH excluding ortho intramolecular Hbond substituents is 1. The van der Waals surface area contributed by atoms with Crippen molar-refractivity contribution in [3.05, 3.63) is 71.3 Å². The summed E-state index contributed by atoms with van der Waals surface area (Å²) < 4.78 is 0. The highest BCUT2D eigenvalue weighted by Crippen LogP contribution is 2.19. The second kappa shape index (κ2) is 5.35. The third-order valence-corrected chi connectivity index (χ3v) is 2.68. The van der Waals surface area contributed by atoms with E-state index in [4.69, 9.17) is 0 Å². The number of benzene rings is 2. The molecule has 17 heavy (non-hydrogen) atoms. The Balaban J connectivity index is 2.07. The van der Waals surface area contributed by atoms with Gasteiger partial charge in [0.1, 0.15) is 5.75 Å². The first kappa shape index (κ1) is 11.5. The van der Waals surface area contributed by atoms with Crippen molar-refractivity contribution in [3.63, 3.8) is 0 Å². The van der Waals surface area contributed by atoms with Crippen LogP contribution in [0.3, 0.4) is 0 Å². The number of phenols is 1. The van der Waals surface area contributed by atoms with E-state index in [2.05, 4.69) is 24.3 Å². The molecule has 2 aromatic carbocycles. The second-order valence-electron chi connectivity index (χ2n) is 4.15. The molecule has 1 N–H and O–H groups in total. The fourth-order valence-corrected chi connectivity index (χ4v) is 1.76. The van der Waals surface area contributed by atoms with Crippen LogP contribution in [0.2, 0.25) is 0 Å². The lowest BCUT2D eigenvalue weighted by Crippen LogP contribution is -1.84. The Morgan fingerprint density at radius 2 is 1.82 bits per heavy atom. The van der Waals surface area contributed by atoms with Crippen LogP contribution in [0.5, 0.6) is 5.75 Å². The quantitative estimate of drug-likeness (QED) is 0.836. The van der Waals surface area contributed by atoms with Crippen molar-refractivity contribution in [1.29, 1.82) is 0 Å². The molecule has 0 fully saturated rings. The minimum atomic E-state index is 0.369. The number of aromatic hydroxyl groups is 1. The molecule has 1 heteroatoms. The summed E-state index contributed by atoms with van der Waals surface area (Å²) in [7, 11) is 0. The van der Waals surface area contributed by atoms with E-state index in [1.165, 1.54) is 11.1 Å². The molecule has 0 unspecified atom stereocenters. The molecule has 2 rings (SSSR count). The highest BCUT2D eigenvalue weighted by molar-refractivity contribution is 5.50. The van der Waals surface area contributed by atoms with Gasteiger partial charge in [0.2, 0.25) is 0 Å². The molecule has 0 aliphatic rings. The van der Waals surface area contributed by atoms with Crippen molar-refractivity contribution < 1.29 is 5.11 Å². The molecule has 0 atom stereocenters. The van der Waals surface area contributed by atoms with Gasteiger partial charge in [-0.05, 0) is 30.5 Å². The zero-order valence-electron chi connectivity index (χ0n) is 9.93. The highest BCUT2D eigenvalue weighted by Gasteiger charge is 1.98. The van der Waals surface area contributed by atoms with Gasteiger partial charge >= 0.3 is 0 Å². The van der Waals surface area contributed by atoms with Crippen LogP contribution in [0, 0.1) is 6.92 Å². The zero-order chi connectivity index (χ0) is 12.1. The SMILES string of the molecule is Cc1ccc(O)c(C/C=C/c2ccccc2)c1. The van der Waals surface area contributed by atoms with E-state index >= 15 is 0 Å². The molecule has 0 aromatic heterocycles. The van der Waals surface area contributed by atoms with E-state index in [1.54, 1.807) is 6.07 Å². The Bertz CT molecular complexity index is 512. The molecule has 0 saturated carbocycles. The maximum absolute atomic E-state index is 9.70.